The molecule has 0 bridgehead atoms. The molecule has 2 aliphatic rings. The van der Waals surface area contributed by atoms with Gasteiger partial charge in [-0.15, -0.1) is 41.5 Å². The molecule has 0 heterocycles. The first kappa shape index (κ1) is 66.1. The van der Waals surface area contributed by atoms with Gasteiger partial charge in [-0.3, -0.25) is 44.5 Å². The third-order valence-electron chi connectivity index (χ3n) is 15.1. The molecule has 68 heavy (non-hydrogen) atoms. The van der Waals surface area contributed by atoms with Crippen molar-refractivity contribution in [2.45, 2.75) is 235 Å². The van der Waals surface area contributed by atoms with E-state index in [4.69, 9.17) is 0 Å². The fourth-order valence-corrected chi connectivity index (χ4v) is 10.6. The maximum Gasteiger partial charge on any atom is 0.123 e. The van der Waals surface area contributed by atoms with Crippen LogP contribution in [0.25, 0.3) is 0 Å². The summed E-state index contributed by atoms with van der Waals surface area (Å²) >= 11 is 0. The van der Waals surface area contributed by atoms with Gasteiger partial charge in [-0.05, 0) is 111 Å². The number of aromatic hydroxyl groups is 2. The number of hydrogen-bond donors (Lipinski definition) is 2. The van der Waals surface area contributed by atoms with E-state index in [1.807, 2.05) is 0 Å². The zero-order valence-electron chi connectivity index (χ0n) is 46.0. The summed E-state index contributed by atoms with van der Waals surface area (Å²) in [6, 6.07) is 23.5. The van der Waals surface area contributed by atoms with Crippen LogP contribution in [-0.2, 0) is 142 Å². The van der Waals surface area contributed by atoms with Crippen molar-refractivity contribution in [3.05, 3.63) is 126 Å². The minimum Gasteiger partial charge on any atom is -0.507 e. The van der Waals surface area contributed by atoms with Gasteiger partial charge < -0.3 is 34.5 Å². The first-order chi connectivity index (χ1) is 29.5. The summed E-state index contributed by atoms with van der Waals surface area (Å²) in [6.07, 6.45) is 15.0. The number of hydrogen-bond acceptors (Lipinski definition) is 2. The van der Waals surface area contributed by atoms with Crippen LogP contribution < -0.4 is 0 Å². The summed E-state index contributed by atoms with van der Waals surface area (Å²) in [7, 11) is 0. The van der Waals surface area contributed by atoms with Gasteiger partial charge in [0.2, 0.25) is 0 Å². The van der Waals surface area contributed by atoms with E-state index in [1.54, 1.807) is 0 Å². The second-order valence-electron chi connectivity index (χ2n) is 24.7. The van der Waals surface area contributed by atoms with Gasteiger partial charge in [0.15, 0.2) is 0 Å². The topological polar surface area (TPSA) is 40.5 Å². The van der Waals surface area contributed by atoms with E-state index in [2.05, 4.69) is 173 Å². The van der Waals surface area contributed by atoms with E-state index >= 15 is 0 Å². The Morgan fingerprint density at radius 1 is 0.426 bits per heavy atom. The number of rotatable bonds is 8. The molecule has 0 unspecified atom stereocenters. The average Bonchev–Trinajstić information content (AvgIpc) is 3.19. The molecule has 0 aliphatic heterocycles. The number of aryl methyl sites for hydroxylation is 8. The van der Waals surface area contributed by atoms with Crippen molar-refractivity contribution >= 4 is 0 Å². The molecule has 0 atom stereocenters. The van der Waals surface area contributed by atoms with E-state index in [0.717, 1.165) is 46.9 Å². The van der Waals surface area contributed by atoms with Gasteiger partial charge in [0.25, 0.3) is 0 Å². The Bertz CT molecular complexity index is 2160. The van der Waals surface area contributed by atoms with Gasteiger partial charge in [-0.1, -0.05) is 152 Å². The Kier molecular flexibility index (Phi) is 26.3. The summed E-state index contributed by atoms with van der Waals surface area (Å²) in [5, 5.41) is 22.0. The normalized spacial score (nSPS) is 18.7. The Morgan fingerprint density at radius 2 is 0.765 bits per heavy atom. The molecular weight excluding hydrogens is 1320 g/mol. The smallest absolute Gasteiger partial charge is 0.123 e. The number of phenolic OH excluding ortho intramolecular Hbond substituents is 2. The van der Waals surface area contributed by atoms with Crippen LogP contribution in [0.4, 0.5) is 0 Å². The SMILES string of the molecule is Cc1[c-]c(C)c(C2CCC(CCc3cc(C(C)(C)C)c(O)c(C(C)(C)C)c3)CC2)[c-]c1C.Cc1[c-]c(C)c(CCC2CCC(c3cc(C(C)(C)C)c(O)c(C(C)(C)C)c3)CC2)[c-]c1C.[W].[W].[Y].[Y]. The average molecular weight is 1410 g/mol. The molecule has 2 aliphatic carbocycles. The summed E-state index contributed by atoms with van der Waals surface area (Å²) < 4.78 is 0. The summed E-state index contributed by atoms with van der Waals surface area (Å²) in [5.74, 6) is 3.85. The Morgan fingerprint density at radius 3 is 1.18 bits per heavy atom. The van der Waals surface area contributed by atoms with Crippen LogP contribution in [0.5, 0.6) is 11.5 Å². The maximum atomic E-state index is 11.1. The van der Waals surface area contributed by atoms with E-state index in [-0.39, 0.29) is 129 Å². The molecule has 6 heteroatoms. The van der Waals surface area contributed by atoms with Crippen molar-refractivity contribution in [3.8, 4) is 11.5 Å². The zero-order chi connectivity index (χ0) is 47.7. The van der Waals surface area contributed by atoms with E-state index in [0.29, 0.717) is 23.3 Å². The first-order valence-electron chi connectivity index (χ1n) is 25.1. The Labute approximate surface area is 497 Å². The third kappa shape index (κ3) is 17.6. The zero-order valence-corrected chi connectivity index (χ0v) is 57.5. The molecule has 0 saturated heterocycles. The van der Waals surface area contributed by atoms with Gasteiger partial charge in [0.05, 0.1) is 0 Å². The van der Waals surface area contributed by atoms with E-state index in [1.165, 1.54) is 120 Å². The minimum absolute atomic E-state index is 0. The summed E-state index contributed by atoms with van der Waals surface area (Å²) in [6.45, 7) is 39.4. The van der Waals surface area contributed by atoms with Crippen LogP contribution in [-0.4, -0.2) is 10.2 Å². The van der Waals surface area contributed by atoms with Crippen LogP contribution >= 0.6 is 0 Å². The van der Waals surface area contributed by atoms with Crippen molar-refractivity contribution in [2.24, 2.45) is 11.8 Å². The molecule has 2 N–H and O–H groups in total. The van der Waals surface area contributed by atoms with Crippen molar-refractivity contribution in [1.29, 1.82) is 0 Å². The molecule has 2 nitrogen and oxygen atoms in total. The largest absolute Gasteiger partial charge is 0.507 e. The second kappa shape index (κ2) is 27.0. The fourth-order valence-electron chi connectivity index (χ4n) is 10.6. The van der Waals surface area contributed by atoms with Gasteiger partial charge in [0, 0.05) is 108 Å². The van der Waals surface area contributed by atoms with Gasteiger partial charge in [0.1, 0.15) is 11.5 Å². The summed E-state index contributed by atoms with van der Waals surface area (Å²) in [5.41, 5.74) is 17.2. The predicted molar refractivity (Wildman–Crippen MR) is 274 cm³/mol. The molecule has 2 radical (unpaired) electrons. The molecule has 370 valence electrons. The number of benzene rings is 4. The molecule has 2 fully saturated rings. The number of phenols is 2. The van der Waals surface area contributed by atoms with Crippen LogP contribution in [0, 0.1) is 77.6 Å². The maximum absolute atomic E-state index is 11.1. The quantitative estimate of drug-likeness (QED) is 0.173. The van der Waals surface area contributed by atoms with Crippen molar-refractivity contribution < 1.29 is 118 Å². The van der Waals surface area contributed by atoms with Crippen LogP contribution in [0.3, 0.4) is 0 Å². The standard InChI is InChI=1S/2C31H44O.2W.2Y/c1-20-16-22(3)25(17-21(20)2)15-12-23-10-13-24(14-11-23)26-18-27(30(4,5)6)29(32)28(19-26)31(7,8)9;1-20-16-22(3)26(17-21(20)2)25-14-12-23(13-15-25)10-11-24-18-27(30(4,5)6)29(32)28(19-24)31(7,8)9;;;;/h18-19,23-24,32H,10-15H2,1-9H3;18-19,23,25,32H,10-15H2,1-9H3;;;;/q2*-2;;;;. The van der Waals surface area contributed by atoms with Gasteiger partial charge >= 0.3 is 0 Å². The van der Waals surface area contributed by atoms with E-state index in [9.17, 15) is 10.2 Å². The van der Waals surface area contributed by atoms with Crippen LogP contribution in [0.1, 0.15) is 237 Å². The summed E-state index contributed by atoms with van der Waals surface area (Å²) in [4.78, 5) is 0. The molecule has 4 aromatic carbocycles. The molecule has 4 aromatic rings. The van der Waals surface area contributed by atoms with Gasteiger partial charge in [-0.25, -0.2) is 0 Å². The van der Waals surface area contributed by atoms with Crippen LogP contribution in [0.15, 0.2) is 24.3 Å². The molecule has 0 spiro atoms. The molecular formula is C62H88O2W2Y2-4. The first-order valence-corrected chi connectivity index (χ1v) is 25.1. The molecule has 0 aromatic heterocycles. The van der Waals surface area contributed by atoms with Crippen molar-refractivity contribution in [3.63, 3.8) is 0 Å². The third-order valence-corrected chi connectivity index (χ3v) is 15.1. The fraction of sp³-hybridized carbons (Fsp3) is 0.613. The minimum atomic E-state index is -0.0607. The monoisotopic (exact) mass is 1410 g/mol. The Hall–Kier alpha value is 0.0644. The van der Waals surface area contributed by atoms with Crippen LogP contribution in [0.2, 0.25) is 0 Å². The van der Waals surface area contributed by atoms with E-state index < -0.39 is 0 Å². The molecule has 6 rings (SSSR count). The molecule has 0 amide bonds. The predicted octanol–water partition coefficient (Wildman–Crippen LogP) is 16.8. The van der Waals surface area contributed by atoms with Crippen molar-refractivity contribution in [2.75, 3.05) is 0 Å². The molecule has 2 saturated carbocycles. The van der Waals surface area contributed by atoms with Crippen molar-refractivity contribution in [1.82, 2.24) is 0 Å². The Balaban J connectivity index is 0.000000642. The second-order valence-corrected chi connectivity index (χ2v) is 24.7. The van der Waals surface area contributed by atoms with Gasteiger partial charge in [-0.2, -0.15) is 0 Å².